The van der Waals surface area contributed by atoms with E-state index < -0.39 is 0 Å². The molecule has 0 aliphatic rings. The Morgan fingerprint density at radius 3 is 2.18 bits per heavy atom. The monoisotopic (exact) mass is 377 g/mol. The molecule has 142 valence electrons. The predicted molar refractivity (Wildman–Crippen MR) is 106 cm³/mol. The molecule has 2 heterocycles. The van der Waals surface area contributed by atoms with Crippen LogP contribution < -0.4 is 14.2 Å². The first kappa shape index (κ1) is 17.8. The molecule has 4 rings (SSSR count). The van der Waals surface area contributed by atoms with Crippen molar-refractivity contribution in [3.05, 3.63) is 42.5 Å². The number of carbonyl (C=O) groups is 1. The molecule has 0 N–H and O–H groups in total. The van der Waals surface area contributed by atoms with E-state index in [2.05, 4.69) is 10.2 Å². The Hall–Kier alpha value is -3.61. The van der Waals surface area contributed by atoms with Crippen molar-refractivity contribution in [2.45, 2.75) is 6.92 Å². The summed E-state index contributed by atoms with van der Waals surface area (Å²) in [5.74, 6) is 1.46. The fraction of sp³-hybridized carbons (Fsp3) is 0.190. The summed E-state index contributed by atoms with van der Waals surface area (Å²) in [6.07, 6.45) is 0. The van der Waals surface area contributed by atoms with Crippen molar-refractivity contribution in [1.29, 1.82) is 0 Å². The average Bonchev–Trinajstić information content (AvgIpc) is 3.06. The second kappa shape index (κ2) is 6.84. The summed E-state index contributed by atoms with van der Waals surface area (Å²) in [6, 6.07) is 13.3. The molecule has 0 bridgehead atoms. The molecular weight excluding hydrogens is 358 g/mol. The van der Waals surface area contributed by atoms with Gasteiger partial charge in [0.25, 0.3) is 0 Å². The number of methoxy groups -OCH3 is 3. The highest BCUT2D eigenvalue weighted by atomic mass is 16.5. The van der Waals surface area contributed by atoms with Crippen LogP contribution in [0, 0.1) is 0 Å². The maximum atomic E-state index is 12.2. The first-order chi connectivity index (χ1) is 13.6. The molecular formula is C21H19N3O4. The standard InChI is InChI=1S/C21H19N3O4/c1-12(25)24-17-8-6-5-7-14(17)15-11-16(22-23-21(15)24)13-9-18(26-2)20(28-4)19(10-13)27-3/h5-11H,1-4H3. The second-order valence-electron chi connectivity index (χ2n) is 6.25. The maximum Gasteiger partial charge on any atom is 0.229 e. The third-order valence-corrected chi connectivity index (χ3v) is 4.70. The molecule has 2 aromatic carbocycles. The van der Waals surface area contributed by atoms with Gasteiger partial charge in [-0.05, 0) is 24.3 Å². The largest absolute Gasteiger partial charge is 0.493 e. The summed E-state index contributed by atoms with van der Waals surface area (Å²) < 4.78 is 17.8. The van der Waals surface area contributed by atoms with E-state index in [9.17, 15) is 4.79 Å². The van der Waals surface area contributed by atoms with E-state index in [1.165, 1.54) is 6.92 Å². The molecule has 4 aromatic rings. The highest BCUT2D eigenvalue weighted by Gasteiger charge is 2.18. The van der Waals surface area contributed by atoms with Crippen LogP contribution in [0.2, 0.25) is 0 Å². The molecule has 28 heavy (non-hydrogen) atoms. The fourth-order valence-electron chi connectivity index (χ4n) is 3.45. The van der Waals surface area contributed by atoms with Gasteiger partial charge in [0.1, 0.15) is 0 Å². The van der Waals surface area contributed by atoms with Crippen LogP contribution in [-0.2, 0) is 0 Å². The minimum Gasteiger partial charge on any atom is -0.493 e. The second-order valence-corrected chi connectivity index (χ2v) is 6.25. The topological polar surface area (TPSA) is 75.5 Å². The number of ether oxygens (including phenoxy) is 3. The van der Waals surface area contributed by atoms with Gasteiger partial charge in [0.2, 0.25) is 11.7 Å². The van der Waals surface area contributed by atoms with Crippen LogP contribution in [0.3, 0.4) is 0 Å². The number of hydrogen-bond donors (Lipinski definition) is 0. The van der Waals surface area contributed by atoms with E-state index in [4.69, 9.17) is 14.2 Å². The fourth-order valence-corrected chi connectivity index (χ4v) is 3.45. The van der Waals surface area contributed by atoms with Gasteiger partial charge in [-0.3, -0.25) is 9.36 Å². The van der Waals surface area contributed by atoms with E-state index in [1.54, 1.807) is 25.9 Å². The lowest BCUT2D eigenvalue weighted by molar-refractivity contribution is 0.0945. The van der Waals surface area contributed by atoms with Crippen LogP contribution in [0.4, 0.5) is 0 Å². The summed E-state index contributed by atoms with van der Waals surface area (Å²) in [6.45, 7) is 1.51. The molecule has 7 nitrogen and oxygen atoms in total. The minimum atomic E-state index is -0.110. The van der Waals surface area contributed by atoms with Crippen molar-refractivity contribution >= 4 is 27.8 Å². The highest BCUT2D eigenvalue weighted by Crippen LogP contribution is 2.41. The highest BCUT2D eigenvalue weighted by molar-refractivity contribution is 6.12. The van der Waals surface area contributed by atoms with Gasteiger partial charge in [0.15, 0.2) is 17.1 Å². The van der Waals surface area contributed by atoms with Crippen molar-refractivity contribution in [2.75, 3.05) is 21.3 Å². The number of rotatable bonds is 4. The van der Waals surface area contributed by atoms with E-state index in [0.29, 0.717) is 28.6 Å². The number of nitrogens with zero attached hydrogens (tertiary/aromatic N) is 3. The normalized spacial score (nSPS) is 11.0. The van der Waals surface area contributed by atoms with Crippen LogP contribution in [0.25, 0.3) is 33.2 Å². The Bertz CT molecular complexity index is 1190. The van der Waals surface area contributed by atoms with Gasteiger partial charge in [-0.1, -0.05) is 18.2 Å². The van der Waals surface area contributed by atoms with Gasteiger partial charge < -0.3 is 14.2 Å². The van der Waals surface area contributed by atoms with Crippen LogP contribution >= 0.6 is 0 Å². The Kier molecular flexibility index (Phi) is 4.35. The third-order valence-electron chi connectivity index (χ3n) is 4.70. The Morgan fingerprint density at radius 1 is 0.893 bits per heavy atom. The summed E-state index contributed by atoms with van der Waals surface area (Å²) >= 11 is 0. The molecule has 0 unspecified atom stereocenters. The summed E-state index contributed by atoms with van der Waals surface area (Å²) in [5.41, 5.74) is 2.74. The number of hydrogen-bond acceptors (Lipinski definition) is 6. The van der Waals surface area contributed by atoms with E-state index in [-0.39, 0.29) is 5.91 Å². The molecule has 0 aliphatic heterocycles. The first-order valence-electron chi connectivity index (χ1n) is 8.67. The van der Waals surface area contributed by atoms with Crippen molar-refractivity contribution in [1.82, 2.24) is 14.8 Å². The average molecular weight is 377 g/mol. The van der Waals surface area contributed by atoms with E-state index >= 15 is 0 Å². The quantitative estimate of drug-likeness (QED) is 0.536. The minimum absolute atomic E-state index is 0.110. The van der Waals surface area contributed by atoms with Gasteiger partial charge in [0, 0.05) is 23.3 Å². The third kappa shape index (κ3) is 2.63. The lowest BCUT2D eigenvalue weighted by Gasteiger charge is -2.13. The predicted octanol–water partition coefficient (Wildman–Crippen LogP) is 3.94. The van der Waals surface area contributed by atoms with Gasteiger partial charge in [-0.2, -0.15) is 0 Å². The molecule has 0 fully saturated rings. The number of aromatic nitrogens is 3. The molecule has 0 amide bonds. The zero-order chi connectivity index (χ0) is 19.8. The number of fused-ring (bicyclic) bond motifs is 3. The molecule has 0 saturated heterocycles. The lowest BCUT2D eigenvalue weighted by atomic mass is 10.1. The van der Waals surface area contributed by atoms with Crippen molar-refractivity contribution in [3.63, 3.8) is 0 Å². The molecule has 0 spiro atoms. The zero-order valence-electron chi connectivity index (χ0n) is 16.0. The zero-order valence-corrected chi connectivity index (χ0v) is 16.0. The van der Waals surface area contributed by atoms with Gasteiger partial charge in [-0.15, -0.1) is 10.2 Å². The van der Waals surface area contributed by atoms with E-state index in [1.807, 2.05) is 42.5 Å². The SMILES string of the molecule is COc1cc(-c2cc3c4ccccc4n(C(C)=O)c3nn2)cc(OC)c1OC. The smallest absolute Gasteiger partial charge is 0.229 e. The molecule has 7 heteroatoms. The molecule has 0 radical (unpaired) electrons. The lowest BCUT2D eigenvalue weighted by Crippen LogP contribution is -2.06. The van der Waals surface area contributed by atoms with Crippen LogP contribution in [-0.4, -0.2) is 42.0 Å². The maximum absolute atomic E-state index is 12.2. The molecule has 0 aliphatic carbocycles. The molecule has 2 aromatic heterocycles. The van der Waals surface area contributed by atoms with Crippen LogP contribution in [0.5, 0.6) is 17.2 Å². The van der Waals surface area contributed by atoms with Crippen molar-refractivity contribution < 1.29 is 19.0 Å². The number of benzene rings is 2. The Labute approximate surface area is 161 Å². The Balaban J connectivity index is 1.99. The van der Waals surface area contributed by atoms with Crippen LogP contribution in [0.15, 0.2) is 42.5 Å². The van der Waals surface area contributed by atoms with Crippen LogP contribution in [0.1, 0.15) is 11.7 Å². The van der Waals surface area contributed by atoms with Gasteiger partial charge in [0.05, 0.1) is 32.5 Å². The number of para-hydroxylation sites is 1. The first-order valence-corrected chi connectivity index (χ1v) is 8.67. The Morgan fingerprint density at radius 2 is 1.57 bits per heavy atom. The summed E-state index contributed by atoms with van der Waals surface area (Å²) in [4.78, 5) is 12.2. The number of carbonyl (C=O) groups excluding carboxylic acids is 1. The summed E-state index contributed by atoms with van der Waals surface area (Å²) in [5, 5.41) is 10.5. The molecule has 0 atom stereocenters. The van der Waals surface area contributed by atoms with Gasteiger partial charge >= 0.3 is 0 Å². The molecule has 0 saturated carbocycles. The van der Waals surface area contributed by atoms with Crippen molar-refractivity contribution in [2.24, 2.45) is 0 Å². The van der Waals surface area contributed by atoms with E-state index in [0.717, 1.165) is 21.9 Å². The van der Waals surface area contributed by atoms with Crippen molar-refractivity contribution in [3.8, 4) is 28.5 Å². The van der Waals surface area contributed by atoms with Gasteiger partial charge in [-0.25, -0.2) is 0 Å². The summed E-state index contributed by atoms with van der Waals surface area (Å²) in [7, 11) is 4.69.